The van der Waals surface area contributed by atoms with Crippen molar-refractivity contribution in [1.29, 1.82) is 0 Å². The Morgan fingerprint density at radius 2 is 1.83 bits per heavy atom. The van der Waals surface area contributed by atoms with Crippen molar-refractivity contribution in [2.75, 3.05) is 13.2 Å². The van der Waals surface area contributed by atoms with Crippen LogP contribution in [-0.2, 0) is 14.3 Å². The molecule has 0 bridgehead atoms. The van der Waals surface area contributed by atoms with Gasteiger partial charge in [0.25, 0.3) is 0 Å². The Labute approximate surface area is 138 Å². The molecular formula is C17H29NO5. The average molecular weight is 327 g/mol. The molecule has 0 aromatic rings. The van der Waals surface area contributed by atoms with Gasteiger partial charge in [-0.3, -0.25) is 4.90 Å². The first-order chi connectivity index (χ1) is 10.8. The number of carboxylic acid groups (broad SMARTS) is 1. The van der Waals surface area contributed by atoms with Gasteiger partial charge in [0.1, 0.15) is 11.6 Å². The van der Waals surface area contributed by atoms with Gasteiger partial charge >= 0.3 is 12.1 Å². The van der Waals surface area contributed by atoms with Crippen LogP contribution in [0, 0.1) is 5.92 Å². The molecule has 2 aliphatic rings. The number of hydrogen-bond donors (Lipinski definition) is 1. The molecule has 0 unspecified atom stereocenters. The van der Waals surface area contributed by atoms with E-state index in [-0.39, 0.29) is 6.10 Å². The van der Waals surface area contributed by atoms with Gasteiger partial charge < -0.3 is 14.6 Å². The predicted molar refractivity (Wildman–Crippen MR) is 85.3 cm³/mol. The number of carbonyl (C=O) groups is 2. The van der Waals surface area contributed by atoms with Gasteiger partial charge in [-0.2, -0.15) is 0 Å². The molecule has 2 fully saturated rings. The van der Waals surface area contributed by atoms with Gasteiger partial charge in [-0.25, -0.2) is 9.59 Å². The molecule has 0 aromatic heterocycles. The molecule has 0 spiro atoms. The Morgan fingerprint density at radius 3 is 2.39 bits per heavy atom. The molecule has 1 N–H and O–H groups in total. The van der Waals surface area contributed by atoms with Crippen molar-refractivity contribution in [3.05, 3.63) is 0 Å². The first-order valence-corrected chi connectivity index (χ1v) is 8.60. The van der Waals surface area contributed by atoms with Crippen LogP contribution in [0.4, 0.5) is 4.79 Å². The third-order valence-corrected chi connectivity index (χ3v) is 4.47. The Balaban J connectivity index is 1.89. The lowest BCUT2D eigenvalue weighted by Gasteiger charge is -2.26. The van der Waals surface area contributed by atoms with E-state index in [0.717, 1.165) is 0 Å². The van der Waals surface area contributed by atoms with Gasteiger partial charge in [-0.05, 0) is 39.5 Å². The van der Waals surface area contributed by atoms with Crippen molar-refractivity contribution in [3.8, 4) is 0 Å². The van der Waals surface area contributed by atoms with Crippen molar-refractivity contribution in [2.45, 2.75) is 77.0 Å². The number of rotatable bonds is 4. The van der Waals surface area contributed by atoms with E-state index in [1.807, 2.05) is 0 Å². The number of amides is 1. The molecule has 6 heteroatoms. The maximum Gasteiger partial charge on any atom is 0.411 e. The van der Waals surface area contributed by atoms with E-state index in [2.05, 4.69) is 0 Å². The zero-order valence-corrected chi connectivity index (χ0v) is 14.4. The molecule has 1 aliphatic carbocycles. The monoisotopic (exact) mass is 327 g/mol. The van der Waals surface area contributed by atoms with Gasteiger partial charge in [0.15, 0.2) is 0 Å². The summed E-state index contributed by atoms with van der Waals surface area (Å²) in [4.78, 5) is 24.9. The Kier molecular flexibility index (Phi) is 5.89. The maximum absolute atomic E-state index is 12.2. The normalized spacial score (nSPS) is 26.3. The van der Waals surface area contributed by atoms with Crippen molar-refractivity contribution in [2.24, 2.45) is 5.92 Å². The van der Waals surface area contributed by atoms with Gasteiger partial charge in [0.05, 0.1) is 12.6 Å². The first-order valence-electron chi connectivity index (χ1n) is 8.60. The maximum atomic E-state index is 12.2. The molecule has 132 valence electrons. The lowest BCUT2D eigenvalue weighted by molar-refractivity contribution is -0.142. The van der Waals surface area contributed by atoms with Crippen LogP contribution in [0.15, 0.2) is 0 Å². The van der Waals surface area contributed by atoms with E-state index >= 15 is 0 Å². The standard InChI is InChI=1S/C17H29NO5/c1-17(2,3)23-16(21)18-10-13(9-14(18)15(19)20)22-11-12-7-5-4-6-8-12/h12-14H,4-11H2,1-3H3,(H,19,20)/t13-,14+/m1/s1. The van der Waals surface area contributed by atoms with Crippen LogP contribution < -0.4 is 0 Å². The largest absolute Gasteiger partial charge is 0.480 e. The summed E-state index contributed by atoms with van der Waals surface area (Å²) in [5.41, 5.74) is -0.638. The quantitative estimate of drug-likeness (QED) is 0.859. The van der Waals surface area contributed by atoms with Crippen LogP contribution >= 0.6 is 0 Å². The molecular weight excluding hydrogens is 298 g/mol. The third-order valence-electron chi connectivity index (χ3n) is 4.47. The number of aliphatic carboxylic acids is 1. The summed E-state index contributed by atoms with van der Waals surface area (Å²) < 4.78 is 11.2. The molecule has 1 aliphatic heterocycles. The Bertz CT molecular complexity index is 425. The average Bonchev–Trinajstić information content (AvgIpc) is 2.89. The molecule has 1 saturated heterocycles. The molecule has 23 heavy (non-hydrogen) atoms. The fourth-order valence-corrected chi connectivity index (χ4v) is 3.30. The number of carbonyl (C=O) groups excluding carboxylic acids is 1. The van der Waals surface area contributed by atoms with Crippen molar-refractivity contribution in [1.82, 2.24) is 4.90 Å². The van der Waals surface area contributed by atoms with Gasteiger partial charge in [0.2, 0.25) is 0 Å². The smallest absolute Gasteiger partial charge is 0.411 e. The lowest BCUT2D eigenvalue weighted by Crippen LogP contribution is -2.43. The highest BCUT2D eigenvalue weighted by molar-refractivity contribution is 5.81. The Hall–Kier alpha value is -1.30. The number of carboxylic acids is 1. The van der Waals surface area contributed by atoms with E-state index in [4.69, 9.17) is 9.47 Å². The van der Waals surface area contributed by atoms with Crippen molar-refractivity contribution in [3.63, 3.8) is 0 Å². The van der Waals surface area contributed by atoms with E-state index in [1.54, 1.807) is 20.8 Å². The van der Waals surface area contributed by atoms with Gasteiger partial charge in [-0.15, -0.1) is 0 Å². The minimum Gasteiger partial charge on any atom is -0.480 e. The summed E-state index contributed by atoms with van der Waals surface area (Å²) in [5, 5.41) is 9.36. The van der Waals surface area contributed by atoms with E-state index in [0.29, 0.717) is 25.5 Å². The second-order valence-electron chi connectivity index (χ2n) is 7.68. The van der Waals surface area contributed by atoms with E-state index < -0.39 is 23.7 Å². The van der Waals surface area contributed by atoms with Crippen LogP contribution in [0.25, 0.3) is 0 Å². The van der Waals surface area contributed by atoms with Gasteiger partial charge in [-0.1, -0.05) is 19.3 Å². The van der Waals surface area contributed by atoms with Crippen LogP contribution in [0.3, 0.4) is 0 Å². The molecule has 1 saturated carbocycles. The number of ether oxygens (including phenoxy) is 2. The fourth-order valence-electron chi connectivity index (χ4n) is 3.30. The zero-order chi connectivity index (χ0) is 17.0. The summed E-state index contributed by atoms with van der Waals surface area (Å²) >= 11 is 0. The van der Waals surface area contributed by atoms with Crippen LogP contribution in [0.1, 0.15) is 59.3 Å². The summed E-state index contributed by atoms with van der Waals surface area (Å²) in [6.45, 7) is 6.27. The second-order valence-corrected chi connectivity index (χ2v) is 7.68. The number of likely N-dealkylation sites (tertiary alicyclic amines) is 1. The molecule has 2 atom stereocenters. The van der Waals surface area contributed by atoms with Crippen molar-refractivity contribution >= 4 is 12.1 Å². The number of hydrogen-bond acceptors (Lipinski definition) is 4. The third kappa shape index (κ3) is 5.37. The highest BCUT2D eigenvalue weighted by atomic mass is 16.6. The second kappa shape index (κ2) is 7.51. The minimum atomic E-state index is -1.00. The highest BCUT2D eigenvalue weighted by Crippen LogP contribution is 2.27. The summed E-state index contributed by atoms with van der Waals surface area (Å²) in [6.07, 6.45) is 5.71. The molecule has 0 aromatic carbocycles. The minimum absolute atomic E-state index is 0.217. The van der Waals surface area contributed by atoms with E-state index in [9.17, 15) is 14.7 Å². The summed E-state index contributed by atoms with van der Waals surface area (Å²) in [7, 11) is 0. The first kappa shape index (κ1) is 18.0. The van der Waals surface area contributed by atoms with Crippen LogP contribution in [0.2, 0.25) is 0 Å². The SMILES string of the molecule is CC(C)(C)OC(=O)N1C[C@H](OCC2CCCCC2)C[C@H]1C(=O)O. The predicted octanol–water partition coefficient (Wildman–Crippen LogP) is 3.05. The van der Waals surface area contributed by atoms with Gasteiger partial charge in [0, 0.05) is 13.0 Å². The highest BCUT2D eigenvalue weighted by Gasteiger charge is 2.42. The fraction of sp³-hybridized carbons (Fsp3) is 0.882. The van der Waals surface area contributed by atoms with Crippen LogP contribution in [-0.4, -0.2) is 53.0 Å². The van der Waals surface area contributed by atoms with Crippen LogP contribution in [0.5, 0.6) is 0 Å². The molecule has 1 heterocycles. The summed E-state index contributed by atoms with van der Waals surface area (Å²) in [6, 6.07) is -0.860. The molecule has 1 amide bonds. The lowest BCUT2D eigenvalue weighted by atomic mass is 9.90. The topological polar surface area (TPSA) is 76.1 Å². The summed E-state index contributed by atoms with van der Waals surface area (Å²) in [5.74, 6) is -0.428. The van der Waals surface area contributed by atoms with Crippen molar-refractivity contribution < 1.29 is 24.2 Å². The number of nitrogens with zero attached hydrogens (tertiary/aromatic N) is 1. The Morgan fingerprint density at radius 1 is 1.17 bits per heavy atom. The van der Waals surface area contributed by atoms with E-state index in [1.165, 1.54) is 37.0 Å². The molecule has 2 rings (SSSR count). The molecule has 6 nitrogen and oxygen atoms in total. The molecule has 0 radical (unpaired) electrons. The zero-order valence-electron chi connectivity index (χ0n) is 14.4.